The maximum atomic E-state index is 13.1. The lowest BCUT2D eigenvalue weighted by atomic mass is 9.93. The minimum absolute atomic E-state index is 0.0544. The number of rotatable bonds is 9. The largest absolute Gasteiger partial charge is 0.573 e. The molecule has 0 atom stereocenters. The van der Waals surface area contributed by atoms with Crippen LogP contribution < -0.4 is 15.4 Å². The van der Waals surface area contributed by atoms with Gasteiger partial charge in [0.1, 0.15) is 5.75 Å². The van der Waals surface area contributed by atoms with E-state index in [0.717, 1.165) is 24.8 Å². The summed E-state index contributed by atoms with van der Waals surface area (Å²) in [5.41, 5.74) is 3.48. The predicted molar refractivity (Wildman–Crippen MR) is 167 cm³/mol. The Hall–Kier alpha value is -4.58. The number of carbonyl (C=O) groups is 1. The molecule has 5 aromatic rings. The van der Waals surface area contributed by atoms with E-state index in [4.69, 9.17) is 4.98 Å². The molecule has 236 valence electrons. The van der Waals surface area contributed by atoms with Crippen LogP contribution in [0.1, 0.15) is 62.4 Å². The van der Waals surface area contributed by atoms with Gasteiger partial charge in [-0.2, -0.15) is 5.10 Å². The van der Waals surface area contributed by atoms with Crippen molar-refractivity contribution in [3.63, 3.8) is 0 Å². The monoisotopic (exact) mass is 620 g/mol. The number of aromatic amines is 1. The van der Waals surface area contributed by atoms with Gasteiger partial charge in [0.25, 0.3) is 5.91 Å². The molecule has 1 saturated carbocycles. The summed E-state index contributed by atoms with van der Waals surface area (Å²) in [6, 6.07) is 16.7. The number of aromatic nitrogens is 4. The lowest BCUT2D eigenvalue weighted by Gasteiger charge is -2.28. The molecular weight excluding hydrogens is 585 g/mol. The average Bonchev–Trinajstić information content (AvgIpc) is 3.57. The van der Waals surface area contributed by atoms with Crippen molar-refractivity contribution in [3.8, 4) is 16.9 Å². The van der Waals surface area contributed by atoms with Crippen molar-refractivity contribution in [3.05, 3.63) is 66.2 Å². The molecular formula is C33H35F3N6O3. The van der Waals surface area contributed by atoms with E-state index in [1.54, 1.807) is 42.5 Å². The number of imidazole rings is 1. The van der Waals surface area contributed by atoms with E-state index < -0.39 is 6.36 Å². The van der Waals surface area contributed by atoms with Crippen LogP contribution in [0.5, 0.6) is 5.75 Å². The third kappa shape index (κ3) is 6.75. The number of hydrogen-bond acceptors (Lipinski definition) is 6. The van der Waals surface area contributed by atoms with E-state index >= 15 is 0 Å². The van der Waals surface area contributed by atoms with Gasteiger partial charge in [0.15, 0.2) is 5.82 Å². The Bertz CT molecular complexity index is 1820. The Labute approximate surface area is 257 Å². The number of aliphatic hydroxyl groups is 1. The molecule has 3 aromatic carbocycles. The summed E-state index contributed by atoms with van der Waals surface area (Å²) in [7, 11) is 0. The molecule has 6 rings (SSSR count). The standard InChI is InChI=1S/C33H35F3N6O3/c1-19(2)15-16-37-31(44)21-8-14-28-27(18-21)38-32(42(28)22-9-11-23(43)12-10-22)39-30-25-17-20(7-13-26(25)40-41-30)24-5-3-4-6-29(24)45-33(34,35)36/h3-8,13-14,17-19,22-23,43H,9-12,15-16H2,1-2H3,(H,37,44)(H2,38,39,40,41)/t22-,23+. The van der Waals surface area contributed by atoms with Crippen molar-refractivity contribution in [2.24, 2.45) is 5.92 Å². The third-order valence-corrected chi connectivity index (χ3v) is 8.21. The molecule has 1 amide bonds. The van der Waals surface area contributed by atoms with Crippen molar-refractivity contribution in [1.29, 1.82) is 0 Å². The van der Waals surface area contributed by atoms with Crippen molar-refractivity contribution >= 4 is 39.6 Å². The number of nitrogens with zero attached hydrogens (tertiary/aromatic N) is 3. The molecule has 0 spiro atoms. The number of hydrogen-bond donors (Lipinski definition) is 4. The minimum Gasteiger partial charge on any atom is -0.405 e. The number of ether oxygens (including phenoxy) is 1. The summed E-state index contributed by atoms with van der Waals surface area (Å²) < 4.78 is 45.7. The highest BCUT2D eigenvalue weighted by Gasteiger charge is 2.32. The van der Waals surface area contributed by atoms with Crippen LogP contribution in [0.25, 0.3) is 33.1 Å². The minimum atomic E-state index is -4.83. The van der Waals surface area contributed by atoms with Crippen molar-refractivity contribution in [2.75, 3.05) is 11.9 Å². The molecule has 1 fully saturated rings. The Morgan fingerprint density at radius 2 is 1.87 bits per heavy atom. The number of para-hydroxylation sites is 1. The van der Waals surface area contributed by atoms with Crippen molar-refractivity contribution in [2.45, 2.75) is 64.5 Å². The lowest BCUT2D eigenvalue weighted by Crippen LogP contribution is -2.25. The topological polar surface area (TPSA) is 117 Å². The zero-order valence-electron chi connectivity index (χ0n) is 25.0. The van der Waals surface area contributed by atoms with Crippen LogP contribution in [0.2, 0.25) is 0 Å². The maximum absolute atomic E-state index is 13.1. The second-order valence-corrected chi connectivity index (χ2v) is 11.9. The van der Waals surface area contributed by atoms with Gasteiger partial charge in [-0.05, 0) is 80.0 Å². The molecule has 45 heavy (non-hydrogen) atoms. The predicted octanol–water partition coefficient (Wildman–Crippen LogP) is 7.47. The summed E-state index contributed by atoms with van der Waals surface area (Å²) in [6.45, 7) is 4.80. The Balaban J connectivity index is 1.37. The molecule has 9 nitrogen and oxygen atoms in total. The summed E-state index contributed by atoms with van der Waals surface area (Å²) in [5.74, 6) is 0.975. The van der Waals surface area contributed by atoms with E-state index in [-0.39, 0.29) is 29.4 Å². The second-order valence-electron chi connectivity index (χ2n) is 11.9. The molecule has 1 aliphatic rings. The Morgan fingerprint density at radius 3 is 2.62 bits per heavy atom. The quantitative estimate of drug-likeness (QED) is 0.136. The molecule has 2 aromatic heterocycles. The van der Waals surface area contributed by atoms with Gasteiger partial charge in [-0.25, -0.2) is 4.98 Å². The number of H-pyrrole nitrogens is 1. The second kappa shape index (κ2) is 12.4. The highest BCUT2D eigenvalue weighted by Crippen LogP contribution is 2.38. The van der Waals surface area contributed by atoms with Crippen LogP contribution in [0.15, 0.2) is 60.7 Å². The van der Waals surface area contributed by atoms with Crippen LogP contribution >= 0.6 is 0 Å². The van der Waals surface area contributed by atoms with E-state index in [9.17, 15) is 23.1 Å². The normalized spacial score (nSPS) is 17.2. The maximum Gasteiger partial charge on any atom is 0.573 e. The van der Waals surface area contributed by atoms with Gasteiger partial charge in [-0.15, -0.1) is 13.2 Å². The number of anilines is 2. The third-order valence-electron chi connectivity index (χ3n) is 8.21. The fraction of sp³-hybridized carbons (Fsp3) is 0.364. The summed E-state index contributed by atoms with van der Waals surface area (Å²) in [5, 5.41) is 24.6. The van der Waals surface area contributed by atoms with Crippen LogP contribution in [-0.4, -0.2) is 49.8 Å². The first kappa shape index (κ1) is 30.4. The molecule has 1 aliphatic carbocycles. The van der Waals surface area contributed by atoms with Crippen LogP contribution in [0.4, 0.5) is 24.9 Å². The number of carbonyl (C=O) groups excluding carboxylic acids is 1. The smallest absolute Gasteiger partial charge is 0.405 e. The van der Waals surface area contributed by atoms with Gasteiger partial charge in [0.05, 0.1) is 22.7 Å². The first-order valence-corrected chi connectivity index (χ1v) is 15.1. The molecule has 4 N–H and O–H groups in total. The summed E-state index contributed by atoms with van der Waals surface area (Å²) in [6.07, 6.45) is -1.47. The summed E-state index contributed by atoms with van der Waals surface area (Å²) in [4.78, 5) is 17.8. The van der Waals surface area contributed by atoms with Crippen molar-refractivity contribution < 1.29 is 27.8 Å². The lowest BCUT2D eigenvalue weighted by molar-refractivity contribution is -0.274. The number of alkyl halides is 3. The first-order valence-electron chi connectivity index (χ1n) is 15.1. The van der Waals surface area contributed by atoms with E-state index in [2.05, 4.69) is 44.0 Å². The zero-order chi connectivity index (χ0) is 31.7. The van der Waals surface area contributed by atoms with Crippen molar-refractivity contribution in [1.82, 2.24) is 25.1 Å². The molecule has 12 heteroatoms. The summed E-state index contributed by atoms with van der Waals surface area (Å²) >= 11 is 0. The SMILES string of the molecule is CC(C)CCNC(=O)c1ccc2c(c1)nc(Nc1n[nH]c3ccc(-c4ccccc4OC(F)(F)F)cc13)n2[C@H]1CC[C@@H](O)CC1. The van der Waals surface area contributed by atoms with Gasteiger partial charge < -0.3 is 25.0 Å². The molecule has 0 unspecified atom stereocenters. The highest BCUT2D eigenvalue weighted by atomic mass is 19.4. The Morgan fingerprint density at radius 1 is 1.09 bits per heavy atom. The molecule has 0 radical (unpaired) electrons. The molecule has 0 bridgehead atoms. The molecule has 0 saturated heterocycles. The van der Waals surface area contributed by atoms with Gasteiger partial charge in [-0.1, -0.05) is 38.1 Å². The number of benzene rings is 3. The van der Waals surface area contributed by atoms with Crippen LogP contribution in [0.3, 0.4) is 0 Å². The Kier molecular flexibility index (Phi) is 8.41. The number of amides is 1. The first-order chi connectivity index (χ1) is 21.6. The van der Waals surface area contributed by atoms with Gasteiger partial charge in [-0.3, -0.25) is 9.89 Å². The van der Waals surface area contributed by atoms with E-state index in [1.165, 1.54) is 12.1 Å². The van der Waals surface area contributed by atoms with Crippen LogP contribution in [0, 0.1) is 5.92 Å². The fourth-order valence-corrected chi connectivity index (χ4v) is 5.89. The number of fused-ring (bicyclic) bond motifs is 2. The average molecular weight is 621 g/mol. The van der Waals surface area contributed by atoms with Crippen LogP contribution in [-0.2, 0) is 0 Å². The zero-order valence-corrected chi connectivity index (χ0v) is 25.0. The number of nitrogens with one attached hydrogen (secondary N) is 3. The van der Waals surface area contributed by atoms with E-state index in [0.29, 0.717) is 64.6 Å². The van der Waals surface area contributed by atoms with E-state index in [1.807, 2.05) is 6.07 Å². The van der Waals surface area contributed by atoms with Gasteiger partial charge in [0, 0.05) is 29.1 Å². The highest BCUT2D eigenvalue weighted by molar-refractivity contribution is 5.98. The number of aliphatic hydroxyl groups excluding tert-OH is 1. The van der Waals surface area contributed by atoms with Gasteiger partial charge >= 0.3 is 6.36 Å². The number of halogens is 3. The van der Waals surface area contributed by atoms with Gasteiger partial charge in [0.2, 0.25) is 5.95 Å². The fourth-order valence-electron chi connectivity index (χ4n) is 5.89. The molecule has 0 aliphatic heterocycles. The molecule has 2 heterocycles.